The zero-order valence-corrected chi connectivity index (χ0v) is 16.4. The van der Waals surface area contributed by atoms with E-state index in [0.29, 0.717) is 37.2 Å². The number of benzene rings is 1. The molecule has 8 heteroatoms. The molecule has 8 nitrogen and oxygen atoms in total. The zero-order chi connectivity index (χ0) is 20.9. The maximum Gasteiger partial charge on any atom is 0.250 e. The number of anilines is 2. The van der Waals surface area contributed by atoms with Gasteiger partial charge >= 0.3 is 0 Å². The molecule has 152 valence electrons. The molecule has 0 spiro atoms. The molecule has 3 aromatic rings. The highest BCUT2D eigenvalue weighted by Crippen LogP contribution is 2.25. The second kappa shape index (κ2) is 8.69. The lowest BCUT2D eigenvalue weighted by molar-refractivity contribution is -0.120. The number of carbonyl (C=O) groups excluding carboxylic acids is 2. The van der Waals surface area contributed by atoms with Crippen molar-refractivity contribution in [3.05, 3.63) is 66.5 Å². The zero-order valence-electron chi connectivity index (χ0n) is 16.4. The average Bonchev–Trinajstić information content (AvgIpc) is 2.80. The molecule has 1 saturated heterocycles. The predicted molar refractivity (Wildman–Crippen MR) is 114 cm³/mol. The molecule has 0 aliphatic carbocycles. The van der Waals surface area contributed by atoms with Crippen molar-refractivity contribution in [3.8, 4) is 11.3 Å². The van der Waals surface area contributed by atoms with Crippen molar-refractivity contribution in [2.45, 2.75) is 12.8 Å². The molecule has 30 heavy (non-hydrogen) atoms. The Morgan fingerprint density at radius 1 is 0.967 bits per heavy atom. The Morgan fingerprint density at radius 2 is 1.70 bits per heavy atom. The second-order valence-electron chi connectivity index (χ2n) is 7.17. The number of amides is 2. The SMILES string of the molecule is NC(=O)c1ccccc1NC(=O)C1CCN(c2ccc(-c3ccncc3)nn2)CC1. The van der Waals surface area contributed by atoms with Gasteiger partial charge in [-0.2, -0.15) is 0 Å². The van der Waals surface area contributed by atoms with Crippen LogP contribution in [0.4, 0.5) is 11.5 Å². The molecule has 0 unspecified atom stereocenters. The van der Waals surface area contributed by atoms with Crippen LogP contribution < -0.4 is 16.0 Å². The highest BCUT2D eigenvalue weighted by Gasteiger charge is 2.26. The number of rotatable bonds is 5. The van der Waals surface area contributed by atoms with Crippen LogP contribution in [0.25, 0.3) is 11.3 Å². The van der Waals surface area contributed by atoms with Crippen molar-refractivity contribution >= 4 is 23.3 Å². The minimum atomic E-state index is -0.561. The third-order valence-electron chi connectivity index (χ3n) is 5.27. The van der Waals surface area contributed by atoms with Crippen molar-refractivity contribution in [1.82, 2.24) is 15.2 Å². The normalized spacial score (nSPS) is 14.3. The Morgan fingerprint density at radius 3 is 2.37 bits per heavy atom. The Kier molecular flexibility index (Phi) is 5.65. The number of piperidine rings is 1. The summed E-state index contributed by atoms with van der Waals surface area (Å²) >= 11 is 0. The number of primary amides is 1. The van der Waals surface area contributed by atoms with Crippen molar-refractivity contribution in [1.29, 1.82) is 0 Å². The number of hydrogen-bond acceptors (Lipinski definition) is 6. The number of aromatic nitrogens is 3. The molecule has 0 saturated carbocycles. The number of pyridine rings is 1. The van der Waals surface area contributed by atoms with E-state index in [0.717, 1.165) is 17.1 Å². The fourth-order valence-corrected chi connectivity index (χ4v) is 3.58. The summed E-state index contributed by atoms with van der Waals surface area (Å²) in [5.74, 6) is 0.00828. The van der Waals surface area contributed by atoms with Gasteiger partial charge in [0.25, 0.3) is 5.91 Å². The summed E-state index contributed by atoms with van der Waals surface area (Å²) < 4.78 is 0. The third-order valence-corrected chi connectivity index (χ3v) is 5.27. The first-order valence-electron chi connectivity index (χ1n) is 9.80. The lowest BCUT2D eigenvalue weighted by atomic mass is 9.95. The Bertz CT molecular complexity index is 1030. The van der Waals surface area contributed by atoms with E-state index < -0.39 is 5.91 Å². The minimum Gasteiger partial charge on any atom is -0.366 e. The van der Waals surface area contributed by atoms with Crippen LogP contribution in [0.15, 0.2) is 60.9 Å². The molecule has 2 aromatic heterocycles. The molecule has 1 aromatic carbocycles. The first-order chi connectivity index (χ1) is 14.6. The molecule has 1 aliphatic heterocycles. The maximum atomic E-state index is 12.7. The fourth-order valence-electron chi connectivity index (χ4n) is 3.58. The monoisotopic (exact) mass is 402 g/mol. The summed E-state index contributed by atoms with van der Waals surface area (Å²) in [7, 11) is 0. The molecule has 1 aliphatic rings. The van der Waals surface area contributed by atoms with E-state index in [9.17, 15) is 9.59 Å². The molecule has 0 bridgehead atoms. The van der Waals surface area contributed by atoms with Crippen LogP contribution in [0.2, 0.25) is 0 Å². The summed E-state index contributed by atoms with van der Waals surface area (Å²) in [6.45, 7) is 1.41. The Balaban J connectivity index is 1.36. The van der Waals surface area contributed by atoms with Crippen molar-refractivity contribution < 1.29 is 9.59 Å². The highest BCUT2D eigenvalue weighted by molar-refractivity contribution is 6.03. The lowest BCUT2D eigenvalue weighted by Gasteiger charge is -2.32. The van der Waals surface area contributed by atoms with Crippen LogP contribution in [-0.2, 0) is 4.79 Å². The van der Waals surface area contributed by atoms with Gasteiger partial charge < -0.3 is 16.0 Å². The number of para-hydroxylation sites is 1. The number of nitrogens with zero attached hydrogens (tertiary/aromatic N) is 4. The number of carbonyl (C=O) groups is 2. The third kappa shape index (κ3) is 4.27. The van der Waals surface area contributed by atoms with Gasteiger partial charge in [-0.05, 0) is 49.2 Å². The quantitative estimate of drug-likeness (QED) is 0.678. The summed E-state index contributed by atoms with van der Waals surface area (Å²) in [4.78, 5) is 30.4. The van der Waals surface area contributed by atoms with Gasteiger partial charge in [-0.25, -0.2) is 0 Å². The van der Waals surface area contributed by atoms with Gasteiger partial charge in [0.15, 0.2) is 5.82 Å². The molecule has 3 heterocycles. The summed E-state index contributed by atoms with van der Waals surface area (Å²) in [6, 6.07) is 14.5. The van der Waals surface area contributed by atoms with Crippen LogP contribution in [0.1, 0.15) is 23.2 Å². The predicted octanol–water partition coefficient (Wildman–Crippen LogP) is 2.49. The lowest BCUT2D eigenvalue weighted by Crippen LogP contribution is -2.38. The van der Waals surface area contributed by atoms with Gasteiger partial charge in [-0.3, -0.25) is 14.6 Å². The molecule has 4 rings (SSSR count). The van der Waals surface area contributed by atoms with E-state index in [1.54, 1.807) is 36.7 Å². The first-order valence-corrected chi connectivity index (χ1v) is 9.80. The van der Waals surface area contributed by atoms with Crippen molar-refractivity contribution in [2.75, 3.05) is 23.3 Å². The van der Waals surface area contributed by atoms with Gasteiger partial charge in [-0.15, -0.1) is 10.2 Å². The molecule has 3 N–H and O–H groups in total. The van der Waals surface area contributed by atoms with E-state index in [1.165, 1.54) is 0 Å². The van der Waals surface area contributed by atoms with Gasteiger partial charge in [0.2, 0.25) is 5.91 Å². The smallest absolute Gasteiger partial charge is 0.250 e. The maximum absolute atomic E-state index is 12.7. The minimum absolute atomic E-state index is 0.0949. The van der Waals surface area contributed by atoms with E-state index in [4.69, 9.17) is 5.73 Å². The van der Waals surface area contributed by atoms with Crippen LogP contribution >= 0.6 is 0 Å². The van der Waals surface area contributed by atoms with Crippen molar-refractivity contribution in [2.24, 2.45) is 11.7 Å². The summed E-state index contributed by atoms with van der Waals surface area (Å²) in [5.41, 5.74) is 7.92. The van der Waals surface area contributed by atoms with Gasteiger partial charge in [0.05, 0.1) is 16.9 Å². The van der Waals surface area contributed by atoms with E-state index >= 15 is 0 Å². The van der Waals surface area contributed by atoms with Crippen LogP contribution in [0, 0.1) is 5.92 Å². The van der Waals surface area contributed by atoms with E-state index in [1.807, 2.05) is 24.3 Å². The number of nitrogens with one attached hydrogen (secondary N) is 1. The largest absolute Gasteiger partial charge is 0.366 e. The van der Waals surface area contributed by atoms with Gasteiger partial charge in [0.1, 0.15) is 0 Å². The molecule has 0 radical (unpaired) electrons. The molecular weight excluding hydrogens is 380 g/mol. The molecular formula is C22H22N6O2. The molecule has 2 amide bonds. The molecule has 1 fully saturated rings. The summed E-state index contributed by atoms with van der Waals surface area (Å²) in [6.07, 6.45) is 4.84. The van der Waals surface area contributed by atoms with Gasteiger partial charge in [-0.1, -0.05) is 12.1 Å². The Labute approximate surface area is 174 Å². The summed E-state index contributed by atoms with van der Waals surface area (Å²) in [5, 5.41) is 11.5. The van der Waals surface area contributed by atoms with Crippen LogP contribution in [0.3, 0.4) is 0 Å². The fraction of sp³-hybridized carbons (Fsp3) is 0.227. The first kappa shape index (κ1) is 19.5. The average molecular weight is 402 g/mol. The second-order valence-corrected chi connectivity index (χ2v) is 7.17. The van der Waals surface area contributed by atoms with E-state index in [-0.39, 0.29) is 11.8 Å². The van der Waals surface area contributed by atoms with Crippen LogP contribution in [0.5, 0.6) is 0 Å². The van der Waals surface area contributed by atoms with Gasteiger partial charge in [0, 0.05) is 37.0 Å². The number of hydrogen-bond donors (Lipinski definition) is 2. The highest BCUT2D eigenvalue weighted by atomic mass is 16.2. The van der Waals surface area contributed by atoms with Crippen molar-refractivity contribution in [3.63, 3.8) is 0 Å². The standard InChI is InChI=1S/C22H22N6O2/c23-21(29)17-3-1-2-4-19(17)25-22(30)16-9-13-28(14-10-16)20-6-5-18(26-27-20)15-7-11-24-12-8-15/h1-8,11-12,16H,9-10,13-14H2,(H2,23,29)(H,25,30). The topological polar surface area (TPSA) is 114 Å². The number of nitrogens with two attached hydrogens (primary N) is 1. The van der Waals surface area contributed by atoms with Crippen LogP contribution in [-0.4, -0.2) is 40.1 Å². The molecule has 0 atom stereocenters. The Hall–Kier alpha value is -3.81. The van der Waals surface area contributed by atoms with E-state index in [2.05, 4.69) is 25.4 Å².